The van der Waals surface area contributed by atoms with Crippen LogP contribution in [0.4, 0.5) is 17.1 Å². The monoisotopic (exact) mass is 399 g/mol. The van der Waals surface area contributed by atoms with E-state index in [0.29, 0.717) is 28.4 Å². The highest BCUT2D eigenvalue weighted by Crippen LogP contribution is 2.36. The summed E-state index contributed by atoms with van der Waals surface area (Å²) in [4.78, 5) is 19.5. The Kier molecular flexibility index (Phi) is 4.91. The lowest BCUT2D eigenvalue weighted by atomic mass is 10.1. The van der Waals surface area contributed by atoms with Gasteiger partial charge in [-0.15, -0.1) is 0 Å². The summed E-state index contributed by atoms with van der Waals surface area (Å²) in [6.07, 6.45) is 1.80. The van der Waals surface area contributed by atoms with Gasteiger partial charge in [0, 0.05) is 25.0 Å². The van der Waals surface area contributed by atoms with Gasteiger partial charge in [-0.2, -0.15) is 0 Å². The molecule has 1 saturated heterocycles. The Morgan fingerprint density at radius 3 is 2.57 bits per heavy atom. The zero-order chi connectivity index (χ0) is 20.3. The number of benzene rings is 3. The van der Waals surface area contributed by atoms with Crippen molar-refractivity contribution in [2.24, 2.45) is 4.99 Å². The first kappa shape index (κ1) is 18.4. The average Bonchev–Trinajstić information content (AvgIpc) is 2.94. The number of fused-ring (bicyclic) bond motifs is 2. The van der Waals surface area contributed by atoms with Gasteiger partial charge in [0.05, 0.1) is 30.2 Å². The van der Waals surface area contributed by atoms with E-state index in [-0.39, 0.29) is 5.91 Å². The number of para-hydroxylation sites is 2. The number of carbonyl (C=O) groups is 1. The number of anilines is 2. The van der Waals surface area contributed by atoms with E-state index in [1.807, 2.05) is 42.5 Å². The first-order valence-corrected chi connectivity index (χ1v) is 9.95. The van der Waals surface area contributed by atoms with Crippen molar-refractivity contribution in [3.05, 3.63) is 77.9 Å². The maximum Gasteiger partial charge on any atom is 0.259 e. The second-order valence-electron chi connectivity index (χ2n) is 7.18. The van der Waals surface area contributed by atoms with Gasteiger partial charge in [0.15, 0.2) is 5.75 Å². The Bertz CT molecular complexity index is 1100. The molecule has 30 heavy (non-hydrogen) atoms. The molecule has 0 atom stereocenters. The van der Waals surface area contributed by atoms with Gasteiger partial charge in [-0.25, -0.2) is 0 Å². The predicted octanol–water partition coefficient (Wildman–Crippen LogP) is 4.63. The van der Waals surface area contributed by atoms with Crippen molar-refractivity contribution in [3.63, 3.8) is 0 Å². The average molecular weight is 399 g/mol. The lowest BCUT2D eigenvalue weighted by molar-refractivity contribution is 0.102. The van der Waals surface area contributed by atoms with Gasteiger partial charge < -0.3 is 19.7 Å². The van der Waals surface area contributed by atoms with Crippen LogP contribution < -0.4 is 15.0 Å². The molecule has 150 valence electrons. The van der Waals surface area contributed by atoms with Gasteiger partial charge in [-0.3, -0.25) is 9.79 Å². The van der Waals surface area contributed by atoms with Crippen LogP contribution in [-0.2, 0) is 4.74 Å². The molecule has 3 aromatic rings. The van der Waals surface area contributed by atoms with E-state index in [1.54, 1.807) is 18.3 Å². The van der Waals surface area contributed by atoms with Crippen LogP contribution in [0.15, 0.2) is 71.7 Å². The Hall–Kier alpha value is -3.64. The number of ether oxygens (including phenoxy) is 2. The topological polar surface area (TPSA) is 63.2 Å². The molecule has 3 aromatic carbocycles. The molecule has 1 N–H and O–H groups in total. The number of hydrogen-bond donors (Lipinski definition) is 1. The van der Waals surface area contributed by atoms with Crippen molar-refractivity contribution in [1.82, 2.24) is 0 Å². The molecular formula is C24H21N3O3. The third-order valence-electron chi connectivity index (χ3n) is 5.19. The summed E-state index contributed by atoms with van der Waals surface area (Å²) in [5.41, 5.74) is 3.99. The smallest absolute Gasteiger partial charge is 0.259 e. The Labute approximate surface area is 174 Å². The molecule has 0 radical (unpaired) electrons. The summed E-state index contributed by atoms with van der Waals surface area (Å²) in [6, 6.07) is 21.0. The van der Waals surface area contributed by atoms with Crippen LogP contribution in [0.5, 0.6) is 11.5 Å². The third-order valence-corrected chi connectivity index (χ3v) is 5.19. The van der Waals surface area contributed by atoms with Crippen molar-refractivity contribution in [1.29, 1.82) is 0 Å². The summed E-state index contributed by atoms with van der Waals surface area (Å²) in [5, 5.41) is 2.89. The van der Waals surface area contributed by atoms with Crippen molar-refractivity contribution in [2.45, 2.75) is 0 Å². The molecular weight excluding hydrogens is 378 g/mol. The molecule has 0 unspecified atom stereocenters. The molecule has 1 amide bonds. The minimum atomic E-state index is -0.207. The standard InChI is InChI=1S/C24H21N3O3/c28-24-20-15-18(7-10-22(20)30-23-4-2-1-3-21(23)26-24)25-16-17-5-8-19(9-6-17)27-11-13-29-14-12-27/h1-10,15-16H,11-14H2,(H,26,28). The number of aliphatic imine (C=N–C) groups is 1. The van der Waals surface area contributed by atoms with Gasteiger partial charge in [0.25, 0.3) is 5.91 Å². The number of hydrogen-bond acceptors (Lipinski definition) is 5. The van der Waals surface area contributed by atoms with Crippen LogP contribution in [0.3, 0.4) is 0 Å². The van der Waals surface area contributed by atoms with E-state index >= 15 is 0 Å². The maximum absolute atomic E-state index is 12.6. The van der Waals surface area contributed by atoms with E-state index in [1.165, 1.54) is 5.69 Å². The van der Waals surface area contributed by atoms with E-state index in [2.05, 4.69) is 27.3 Å². The SMILES string of the molecule is O=C1Nc2ccccc2Oc2ccc(N=Cc3ccc(N4CCOCC4)cc3)cc21. The molecule has 2 heterocycles. The predicted molar refractivity (Wildman–Crippen MR) is 118 cm³/mol. The van der Waals surface area contributed by atoms with E-state index < -0.39 is 0 Å². The van der Waals surface area contributed by atoms with Gasteiger partial charge in [0.1, 0.15) is 5.75 Å². The molecule has 0 aliphatic carbocycles. The van der Waals surface area contributed by atoms with Crippen LogP contribution >= 0.6 is 0 Å². The maximum atomic E-state index is 12.6. The molecule has 6 nitrogen and oxygen atoms in total. The minimum absolute atomic E-state index is 0.207. The molecule has 0 spiro atoms. The normalized spacial score (nSPS) is 15.7. The largest absolute Gasteiger partial charge is 0.454 e. The number of nitrogens with one attached hydrogen (secondary N) is 1. The van der Waals surface area contributed by atoms with Crippen LogP contribution in [0.2, 0.25) is 0 Å². The number of amides is 1. The van der Waals surface area contributed by atoms with Gasteiger partial charge in [-0.05, 0) is 48.0 Å². The Balaban J connectivity index is 1.34. The summed E-state index contributed by atoms with van der Waals surface area (Å²) in [7, 11) is 0. The molecule has 6 heteroatoms. The van der Waals surface area contributed by atoms with Gasteiger partial charge >= 0.3 is 0 Å². The number of morpholine rings is 1. The molecule has 5 rings (SSSR count). The van der Waals surface area contributed by atoms with Crippen LogP contribution in [0, 0.1) is 0 Å². The fraction of sp³-hybridized carbons (Fsp3) is 0.167. The molecule has 2 aliphatic heterocycles. The van der Waals surface area contributed by atoms with Crippen molar-refractivity contribution in [2.75, 3.05) is 36.5 Å². The third kappa shape index (κ3) is 3.77. The minimum Gasteiger partial charge on any atom is -0.454 e. The Morgan fingerprint density at radius 2 is 1.73 bits per heavy atom. The first-order chi connectivity index (χ1) is 14.8. The van der Waals surface area contributed by atoms with Crippen LogP contribution in [0.25, 0.3) is 0 Å². The molecule has 2 aliphatic rings. The summed E-state index contributed by atoms with van der Waals surface area (Å²) < 4.78 is 11.3. The lowest BCUT2D eigenvalue weighted by Gasteiger charge is -2.28. The van der Waals surface area contributed by atoms with E-state index in [9.17, 15) is 4.79 Å². The second kappa shape index (κ2) is 8.00. The van der Waals surface area contributed by atoms with Crippen LogP contribution in [0.1, 0.15) is 15.9 Å². The molecule has 1 fully saturated rings. The highest BCUT2D eigenvalue weighted by atomic mass is 16.5. The lowest BCUT2D eigenvalue weighted by Crippen LogP contribution is -2.36. The highest BCUT2D eigenvalue weighted by molar-refractivity contribution is 6.08. The zero-order valence-electron chi connectivity index (χ0n) is 16.4. The fourth-order valence-electron chi connectivity index (χ4n) is 3.57. The van der Waals surface area contributed by atoms with Crippen LogP contribution in [-0.4, -0.2) is 38.4 Å². The number of carbonyl (C=O) groups excluding carboxylic acids is 1. The van der Waals surface area contributed by atoms with E-state index in [0.717, 1.165) is 31.9 Å². The summed E-state index contributed by atoms with van der Waals surface area (Å²) >= 11 is 0. The highest BCUT2D eigenvalue weighted by Gasteiger charge is 2.20. The summed E-state index contributed by atoms with van der Waals surface area (Å²) in [5.74, 6) is 0.939. The molecule has 0 bridgehead atoms. The quantitative estimate of drug-likeness (QED) is 0.652. The fourth-order valence-corrected chi connectivity index (χ4v) is 3.57. The molecule has 0 saturated carbocycles. The molecule has 0 aromatic heterocycles. The first-order valence-electron chi connectivity index (χ1n) is 9.95. The number of nitrogens with zero attached hydrogens (tertiary/aromatic N) is 2. The van der Waals surface area contributed by atoms with Crippen molar-refractivity contribution < 1.29 is 14.3 Å². The summed E-state index contributed by atoms with van der Waals surface area (Å²) in [6.45, 7) is 3.36. The number of rotatable bonds is 3. The van der Waals surface area contributed by atoms with Gasteiger partial charge in [-0.1, -0.05) is 24.3 Å². The van der Waals surface area contributed by atoms with Crippen molar-refractivity contribution >= 4 is 29.2 Å². The van der Waals surface area contributed by atoms with Gasteiger partial charge in [0.2, 0.25) is 0 Å². The zero-order valence-corrected chi connectivity index (χ0v) is 16.4. The second-order valence-corrected chi connectivity index (χ2v) is 7.18. The van der Waals surface area contributed by atoms with E-state index in [4.69, 9.17) is 9.47 Å². The van der Waals surface area contributed by atoms with Crippen molar-refractivity contribution in [3.8, 4) is 11.5 Å². The Morgan fingerprint density at radius 1 is 0.933 bits per heavy atom.